The number of carbonyl (C=O) groups excluding carboxylic acids is 1. The first-order valence-corrected chi connectivity index (χ1v) is 10.0. The van der Waals surface area contributed by atoms with Gasteiger partial charge in [-0.25, -0.2) is 13.8 Å². The summed E-state index contributed by atoms with van der Waals surface area (Å²) in [5.41, 5.74) is 2.36. The Hall–Kier alpha value is -3.81. The van der Waals surface area contributed by atoms with Crippen molar-refractivity contribution in [1.82, 2.24) is 19.6 Å². The van der Waals surface area contributed by atoms with Gasteiger partial charge in [0.2, 0.25) is 5.91 Å². The largest absolute Gasteiger partial charge is 0.324 e. The van der Waals surface area contributed by atoms with E-state index in [9.17, 15) is 14.0 Å². The molecule has 2 aromatic carbocycles. The predicted octanol–water partition coefficient (Wildman–Crippen LogP) is 3.93. The molecule has 158 valence electrons. The quantitative estimate of drug-likeness (QED) is 0.531. The van der Waals surface area contributed by atoms with E-state index in [4.69, 9.17) is 0 Å². The molecule has 0 unspecified atom stereocenters. The number of hydrogen-bond acceptors (Lipinski definition) is 4. The van der Waals surface area contributed by atoms with Gasteiger partial charge in [0.15, 0.2) is 5.52 Å². The lowest BCUT2D eigenvalue weighted by molar-refractivity contribution is -0.119. The van der Waals surface area contributed by atoms with Crippen molar-refractivity contribution in [2.24, 2.45) is 0 Å². The second-order valence-electron chi connectivity index (χ2n) is 7.32. The van der Waals surface area contributed by atoms with E-state index in [1.807, 2.05) is 37.3 Å². The summed E-state index contributed by atoms with van der Waals surface area (Å²) in [6, 6.07) is 14.3. The molecule has 0 saturated carbocycles. The maximum atomic E-state index is 13.5. The number of rotatable bonds is 5. The third-order valence-electron chi connectivity index (χ3n) is 5.22. The number of amides is 1. The van der Waals surface area contributed by atoms with Crippen LogP contribution in [0, 0.1) is 19.7 Å². The Labute approximate surface area is 178 Å². The fraction of sp³-hybridized carbons (Fsp3) is 0.217. The van der Waals surface area contributed by atoms with Crippen molar-refractivity contribution in [2.45, 2.75) is 33.2 Å². The normalized spacial score (nSPS) is 12.1. The Morgan fingerprint density at radius 2 is 1.84 bits per heavy atom. The third kappa shape index (κ3) is 3.72. The molecule has 2 aromatic heterocycles. The number of nitrogens with zero attached hydrogens (tertiary/aromatic N) is 4. The molecule has 8 heteroatoms. The van der Waals surface area contributed by atoms with Crippen LogP contribution in [0.5, 0.6) is 0 Å². The fourth-order valence-corrected chi connectivity index (χ4v) is 3.74. The maximum absolute atomic E-state index is 13.5. The summed E-state index contributed by atoms with van der Waals surface area (Å²) in [4.78, 5) is 26.2. The van der Waals surface area contributed by atoms with Crippen LogP contribution < -0.4 is 10.9 Å². The Bertz CT molecular complexity index is 1330. The number of nitrogens with one attached hydrogen (secondary N) is 1. The molecule has 0 aliphatic heterocycles. The number of hydrogen-bond donors (Lipinski definition) is 1. The minimum Gasteiger partial charge on any atom is -0.324 e. The Balaban J connectivity index is 1.79. The van der Waals surface area contributed by atoms with Crippen molar-refractivity contribution < 1.29 is 9.18 Å². The van der Waals surface area contributed by atoms with Gasteiger partial charge in [-0.1, -0.05) is 31.2 Å². The van der Waals surface area contributed by atoms with Crippen molar-refractivity contribution in [3.63, 3.8) is 0 Å². The lowest BCUT2D eigenvalue weighted by Gasteiger charge is -2.17. The molecule has 31 heavy (non-hydrogen) atoms. The predicted molar refractivity (Wildman–Crippen MR) is 117 cm³/mol. The summed E-state index contributed by atoms with van der Waals surface area (Å²) in [5, 5.41) is 12.3. The van der Waals surface area contributed by atoms with Gasteiger partial charge >= 0.3 is 0 Å². The number of aromatic nitrogens is 4. The summed E-state index contributed by atoms with van der Waals surface area (Å²) >= 11 is 0. The number of halogens is 1. The highest BCUT2D eigenvalue weighted by atomic mass is 19.1. The molecule has 1 amide bonds. The molecular weight excluding hydrogens is 397 g/mol. The van der Waals surface area contributed by atoms with Gasteiger partial charge in [0.1, 0.15) is 11.9 Å². The average molecular weight is 419 g/mol. The number of fused-ring (bicyclic) bond motifs is 1. The second kappa shape index (κ2) is 8.14. The van der Waals surface area contributed by atoms with Gasteiger partial charge in [0.25, 0.3) is 5.56 Å². The van der Waals surface area contributed by atoms with Crippen molar-refractivity contribution in [2.75, 3.05) is 5.32 Å². The minimum atomic E-state index is -0.860. The summed E-state index contributed by atoms with van der Waals surface area (Å²) in [6.45, 7) is 5.46. The molecule has 2 heterocycles. The van der Waals surface area contributed by atoms with Crippen LogP contribution in [0.3, 0.4) is 0 Å². The lowest BCUT2D eigenvalue weighted by atomic mass is 10.1. The van der Waals surface area contributed by atoms with Gasteiger partial charge < -0.3 is 5.32 Å². The van der Waals surface area contributed by atoms with Crippen LogP contribution in [-0.2, 0) is 4.79 Å². The van der Waals surface area contributed by atoms with Crippen LogP contribution in [0.2, 0.25) is 0 Å². The summed E-state index contributed by atoms with van der Waals surface area (Å²) in [7, 11) is 0. The standard InChI is InChI=1S/C23H22FN5O2/c1-4-19(22(30)25-17-10-8-9-16(24)13-17)29-23(31)21-20(14(2)26-29)15(3)28(27-21)18-11-6-5-7-12-18/h5-13,19H,4H2,1-3H3,(H,25,30)/t19-/m0/s1. The third-order valence-corrected chi connectivity index (χ3v) is 5.22. The number of anilines is 1. The van der Waals surface area contributed by atoms with Crippen molar-refractivity contribution >= 4 is 22.5 Å². The second-order valence-corrected chi connectivity index (χ2v) is 7.32. The summed E-state index contributed by atoms with van der Waals surface area (Å²) < 4.78 is 16.3. The monoisotopic (exact) mass is 419 g/mol. The molecule has 0 saturated heterocycles. The van der Waals surface area contributed by atoms with E-state index >= 15 is 0 Å². The first-order valence-electron chi connectivity index (χ1n) is 10.0. The first-order chi connectivity index (χ1) is 14.9. The SMILES string of the molecule is CC[C@@H](C(=O)Nc1cccc(F)c1)n1nc(C)c2c(C)n(-c3ccccc3)nc2c1=O. The molecule has 0 bridgehead atoms. The summed E-state index contributed by atoms with van der Waals surface area (Å²) in [6.07, 6.45) is 0.331. The van der Waals surface area contributed by atoms with Crippen molar-refractivity contribution in [3.8, 4) is 5.69 Å². The molecule has 0 fully saturated rings. The number of aryl methyl sites for hydroxylation is 2. The van der Waals surface area contributed by atoms with Crippen LogP contribution in [0.4, 0.5) is 10.1 Å². The lowest BCUT2D eigenvalue weighted by Crippen LogP contribution is -2.35. The van der Waals surface area contributed by atoms with E-state index in [0.717, 1.165) is 11.4 Å². The molecule has 0 spiro atoms. The van der Waals surface area contributed by atoms with Crippen LogP contribution >= 0.6 is 0 Å². The van der Waals surface area contributed by atoms with Crippen LogP contribution in [-0.4, -0.2) is 25.5 Å². The van der Waals surface area contributed by atoms with E-state index in [0.29, 0.717) is 23.2 Å². The maximum Gasteiger partial charge on any atom is 0.295 e. The minimum absolute atomic E-state index is 0.255. The summed E-state index contributed by atoms with van der Waals surface area (Å²) in [5.74, 6) is -0.902. The first kappa shape index (κ1) is 20.5. The van der Waals surface area contributed by atoms with E-state index in [1.165, 1.54) is 22.9 Å². The number of carbonyl (C=O) groups is 1. The molecule has 4 rings (SSSR count). The van der Waals surface area contributed by atoms with Crippen LogP contribution in [0.25, 0.3) is 16.6 Å². The Morgan fingerprint density at radius 1 is 1.10 bits per heavy atom. The van der Waals surface area contributed by atoms with E-state index < -0.39 is 23.3 Å². The zero-order chi connectivity index (χ0) is 22.1. The molecule has 1 N–H and O–H groups in total. The molecule has 0 radical (unpaired) electrons. The van der Waals surface area contributed by atoms with E-state index in [-0.39, 0.29) is 5.52 Å². The van der Waals surface area contributed by atoms with E-state index in [1.54, 1.807) is 24.6 Å². The van der Waals surface area contributed by atoms with Gasteiger partial charge in [-0.3, -0.25) is 9.59 Å². The smallest absolute Gasteiger partial charge is 0.295 e. The van der Waals surface area contributed by atoms with Gasteiger partial charge in [-0.15, -0.1) is 0 Å². The Kier molecular flexibility index (Phi) is 5.37. The highest BCUT2D eigenvalue weighted by Crippen LogP contribution is 2.22. The van der Waals surface area contributed by atoms with Gasteiger partial charge in [-0.2, -0.15) is 10.2 Å². The van der Waals surface area contributed by atoms with Gasteiger partial charge in [0, 0.05) is 5.69 Å². The van der Waals surface area contributed by atoms with Crippen LogP contribution in [0.1, 0.15) is 30.8 Å². The fourth-order valence-electron chi connectivity index (χ4n) is 3.74. The van der Waals surface area contributed by atoms with Crippen LogP contribution in [0.15, 0.2) is 59.4 Å². The Morgan fingerprint density at radius 3 is 2.52 bits per heavy atom. The number of benzene rings is 2. The topological polar surface area (TPSA) is 81.8 Å². The van der Waals surface area contributed by atoms with Crippen molar-refractivity contribution in [1.29, 1.82) is 0 Å². The molecule has 0 aliphatic carbocycles. The van der Waals surface area contributed by atoms with Crippen molar-refractivity contribution in [3.05, 3.63) is 82.2 Å². The molecule has 1 atom stereocenters. The average Bonchev–Trinajstić information content (AvgIpc) is 3.11. The van der Waals surface area contributed by atoms with Gasteiger partial charge in [-0.05, 0) is 50.6 Å². The zero-order valence-electron chi connectivity index (χ0n) is 17.5. The highest BCUT2D eigenvalue weighted by molar-refractivity contribution is 5.94. The molecular formula is C23H22FN5O2. The van der Waals surface area contributed by atoms with Gasteiger partial charge in [0.05, 0.1) is 22.5 Å². The highest BCUT2D eigenvalue weighted by Gasteiger charge is 2.25. The molecule has 7 nitrogen and oxygen atoms in total. The number of para-hydroxylation sites is 1. The molecule has 4 aromatic rings. The van der Waals surface area contributed by atoms with E-state index in [2.05, 4.69) is 15.5 Å². The zero-order valence-corrected chi connectivity index (χ0v) is 17.5. The molecule has 0 aliphatic rings.